The normalized spacial score (nSPS) is 11.0. The molecular weight excluding hydrogens is 288 g/mol. The highest BCUT2D eigenvalue weighted by Gasteiger charge is 2.13. The van der Waals surface area contributed by atoms with Gasteiger partial charge in [-0.3, -0.25) is 14.4 Å². The first-order chi connectivity index (χ1) is 11.0. The van der Waals surface area contributed by atoms with Gasteiger partial charge in [0.1, 0.15) is 0 Å². The Bertz CT molecular complexity index is 633. The highest BCUT2D eigenvalue weighted by Crippen LogP contribution is 2.08. The first-order valence-electron chi connectivity index (χ1n) is 7.95. The van der Waals surface area contributed by atoms with E-state index in [9.17, 15) is 4.79 Å². The fraction of sp³-hybridized carbons (Fsp3) is 0.444. The minimum atomic E-state index is 0.121. The maximum Gasteiger partial charge on any atom is 0.236 e. The van der Waals surface area contributed by atoms with E-state index in [-0.39, 0.29) is 5.91 Å². The van der Waals surface area contributed by atoms with Crippen LogP contribution in [0, 0.1) is 0 Å². The van der Waals surface area contributed by atoms with Crippen LogP contribution < -0.4 is 0 Å². The van der Waals surface area contributed by atoms with Crippen molar-refractivity contribution in [3.8, 4) is 0 Å². The summed E-state index contributed by atoms with van der Waals surface area (Å²) in [6.07, 6.45) is 4.84. The standard InChI is InChI=1S/C18H26N4O/c1-5-15-6-8-16(9-7-15)12-21(3)18(23)14-20(2)11-17-10-19-22(4)13-17/h6-10,13H,5,11-12,14H2,1-4H3. The van der Waals surface area contributed by atoms with Crippen molar-refractivity contribution in [3.05, 3.63) is 53.3 Å². The predicted molar refractivity (Wildman–Crippen MR) is 91.8 cm³/mol. The van der Waals surface area contributed by atoms with Gasteiger partial charge in [0.2, 0.25) is 5.91 Å². The average molecular weight is 314 g/mol. The molecule has 0 atom stereocenters. The predicted octanol–water partition coefficient (Wildman–Crippen LogP) is 2.07. The smallest absolute Gasteiger partial charge is 0.236 e. The third kappa shape index (κ3) is 5.21. The first-order valence-corrected chi connectivity index (χ1v) is 7.95. The molecule has 0 spiro atoms. The summed E-state index contributed by atoms with van der Waals surface area (Å²) in [6.45, 7) is 3.91. The van der Waals surface area contributed by atoms with E-state index in [1.54, 1.807) is 9.58 Å². The molecule has 5 heteroatoms. The number of hydrogen-bond acceptors (Lipinski definition) is 3. The van der Waals surface area contributed by atoms with E-state index in [2.05, 4.69) is 36.3 Å². The van der Waals surface area contributed by atoms with Crippen LogP contribution in [-0.4, -0.2) is 46.1 Å². The molecule has 0 unspecified atom stereocenters. The Morgan fingerprint density at radius 3 is 2.30 bits per heavy atom. The Labute approximate surface area is 138 Å². The zero-order valence-electron chi connectivity index (χ0n) is 14.5. The van der Waals surface area contributed by atoms with E-state index >= 15 is 0 Å². The quantitative estimate of drug-likeness (QED) is 0.786. The second kappa shape index (κ2) is 7.92. The van der Waals surface area contributed by atoms with Crippen molar-refractivity contribution < 1.29 is 4.79 Å². The third-order valence-electron chi connectivity index (χ3n) is 3.89. The molecule has 124 valence electrons. The van der Waals surface area contributed by atoms with Crippen molar-refractivity contribution in [3.63, 3.8) is 0 Å². The van der Waals surface area contributed by atoms with Crippen LogP contribution in [0.25, 0.3) is 0 Å². The maximum absolute atomic E-state index is 12.3. The zero-order valence-corrected chi connectivity index (χ0v) is 14.5. The Morgan fingerprint density at radius 2 is 1.74 bits per heavy atom. The van der Waals surface area contributed by atoms with E-state index in [1.807, 2.05) is 38.4 Å². The van der Waals surface area contributed by atoms with Gasteiger partial charge in [0.15, 0.2) is 0 Å². The number of rotatable bonds is 7. The van der Waals surface area contributed by atoms with Crippen LogP contribution >= 0.6 is 0 Å². The second-order valence-electron chi connectivity index (χ2n) is 6.11. The molecule has 0 fully saturated rings. The largest absolute Gasteiger partial charge is 0.340 e. The number of benzene rings is 1. The third-order valence-corrected chi connectivity index (χ3v) is 3.89. The van der Waals surface area contributed by atoms with Crippen molar-refractivity contribution in [2.24, 2.45) is 7.05 Å². The van der Waals surface area contributed by atoms with E-state index in [0.717, 1.165) is 24.1 Å². The van der Waals surface area contributed by atoms with E-state index in [4.69, 9.17) is 0 Å². The summed E-state index contributed by atoms with van der Waals surface area (Å²) >= 11 is 0. The second-order valence-corrected chi connectivity index (χ2v) is 6.11. The van der Waals surface area contributed by atoms with Gasteiger partial charge in [-0.25, -0.2) is 0 Å². The molecule has 2 rings (SSSR count). The minimum Gasteiger partial charge on any atom is -0.340 e. The fourth-order valence-electron chi connectivity index (χ4n) is 2.52. The molecule has 1 amide bonds. The van der Waals surface area contributed by atoms with Crippen LogP contribution in [0.2, 0.25) is 0 Å². The van der Waals surface area contributed by atoms with Gasteiger partial charge in [-0.15, -0.1) is 0 Å². The number of carbonyl (C=O) groups is 1. The monoisotopic (exact) mass is 314 g/mol. The van der Waals surface area contributed by atoms with Crippen molar-refractivity contribution in [1.29, 1.82) is 0 Å². The number of aryl methyl sites for hydroxylation is 2. The number of carbonyl (C=O) groups excluding carboxylic acids is 1. The molecule has 0 aliphatic heterocycles. The number of aromatic nitrogens is 2. The lowest BCUT2D eigenvalue weighted by atomic mass is 10.1. The van der Waals surface area contributed by atoms with E-state index < -0.39 is 0 Å². The summed E-state index contributed by atoms with van der Waals surface area (Å²) in [6, 6.07) is 8.45. The number of nitrogens with zero attached hydrogens (tertiary/aromatic N) is 4. The van der Waals surface area contributed by atoms with Gasteiger partial charge >= 0.3 is 0 Å². The minimum absolute atomic E-state index is 0.121. The molecule has 0 N–H and O–H groups in total. The van der Waals surface area contributed by atoms with Gasteiger partial charge in [0.25, 0.3) is 0 Å². The van der Waals surface area contributed by atoms with Gasteiger partial charge in [0.05, 0.1) is 12.7 Å². The molecule has 0 aliphatic carbocycles. The molecular formula is C18H26N4O. The Balaban J connectivity index is 1.83. The van der Waals surface area contributed by atoms with Gasteiger partial charge < -0.3 is 4.90 Å². The summed E-state index contributed by atoms with van der Waals surface area (Å²) < 4.78 is 1.77. The Hall–Kier alpha value is -2.14. The van der Waals surface area contributed by atoms with Crippen molar-refractivity contribution in [2.75, 3.05) is 20.6 Å². The summed E-state index contributed by atoms with van der Waals surface area (Å²) in [4.78, 5) is 16.1. The van der Waals surface area contributed by atoms with Crippen LogP contribution in [-0.2, 0) is 31.4 Å². The van der Waals surface area contributed by atoms with Crippen LogP contribution in [0.15, 0.2) is 36.7 Å². The molecule has 2 aromatic rings. The fourth-order valence-corrected chi connectivity index (χ4v) is 2.52. The molecule has 23 heavy (non-hydrogen) atoms. The lowest BCUT2D eigenvalue weighted by Gasteiger charge is -2.21. The molecule has 0 saturated carbocycles. The van der Waals surface area contributed by atoms with E-state index in [0.29, 0.717) is 13.1 Å². The number of hydrogen-bond donors (Lipinski definition) is 0. The van der Waals surface area contributed by atoms with Crippen LogP contribution in [0.4, 0.5) is 0 Å². The van der Waals surface area contributed by atoms with E-state index in [1.165, 1.54) is 5.56 Å². The van der Waals surface area contributed by atoms with Gasteiger partial charge in [-0.2, -0.15) is 5.10 Å². The Kier molecular flexibility index (Phi) is 5.93. The summed E-state index contributed by atoms with van der Waals surface area (Å²) in [5.74, 6) is 0.121. The van der Waals surface area contributed by atoms with Crippen molar-refractivity contribution >= 4 is 5.91 Å². The summed E-state index contributed by atoms with van der Waals surface area (Å²) in [7, 11) is 5.70. The molecule has 1 aromatic heterocycles. The molecule has 1 heterocycles. The lowest BCUT2D eigenvalue weighted by Crippen LogP contribution is -2.36. The molecule has 0 aliphatic rings. The Morgan fingerprint density at radius 1 is 1.09 bits per heavy atom. The van der Waals surface area contributed by atoms with Gasteiger partial charge in [-0.05, 0) is 24.6 Å². The topological polar surface area (TPSA) is 41.4 Å². The molecule has 0 saturated heterocycles. The molecule has 5 nitrogen and oxygen atoms in total. The molecule has 1 aromatic carbocycles. The average Bonchev–Trinajstić information content (AvgIpc) is 2.92. The summed E-state index contributed by atoms with van der Waals surface area (Å²) in [5, 5.41) is 4.15. The van der Waals surface area contributed by atoms with Crippen molar-refractivity contribution in [2.45, 2.75) is 26.4 Å². The SMILES string of the molecule is CCc1ccc(CN(C)C(=O)CN(C)Cc2cnn(C)c2)cc1. The molecule has 0 radical (unpaired) electrons. The lowest BCUT2D eigenvalue weighted by molar-refractivity contribution is -0.131. The van der Waals surface area contributed by atoms with Crippen LogP contribution in [0.1, 0.15) is 23.6 Å². The number of likely N-dealkylation sites (N-methyl/N-ethyl adjacent to an activating group) is 2. The molecule has 0 bridgehead atoms. The highest BCUT2D eigenvalue weighted by atomic mass is 16.2. The van der Waals surface area contributed by atoms with Crippen LogP contribution in [0.3, 0.4) is 0 Å². The van der Waals surface area contributed by atoms with Crippen LogP contribution in [0.5, 0.6) is 0 Å². The zero-order chi connectivity index (χ0) is 16.8. The van der Waals surface area contributed by atoms with Crippen molar-refractivity contribution in [1.82, 2.24) is 19.6 Å². The summed E-state index contributed by atoms with van der Waals surface area (Å²) in [5.41, 5.74) is 3.59. The van der Waals surface area contributed by atoms with Gasteiger partial charge in [-0.1, -0.05) is 31.2 Å². The first kappa shape index (κ1) is 17.2. The van der Waals surface area contributed by atoms with Gasteiger partial charge in [0, 0.05) is 38.9 Å². The maximum atomic E-state index is 12.3. The highest BCUT2D eigenvalue weighted by molar-refractivity contribution is 5.77. The number of amides is 1.